The molecule has 1 nitrogen and oxygen atoms in total. The molecule has 0 saturated carbocycles. The van der Waals surface area contributed by atoms with Crippen LogP contribution >= 0.6 is 43.2 Å². The highest BCUT2D eigenvalue weighted by molar-refractivity contribution is 9.13. The summed E-state index contributed by atoms with van der Waals surface area (Å²) >= 11 is 8.33. The van der Waals surface area contributed by atoms with Gasteiger partial charge in [0.2, 0.25) is 0 Å². The van der Waals surface area contributed by atoms with Gasteiger partial charge in [0.1, 0.15) is 0 Å². The molecule has 1 unspecified atom stereocenters. The number of halogens is 2. The van der Waals surface area contributed by atoms with E-state index < -0.39 is 0 Å². The average Bonchev–Trinajstić information content (AvgIpc) is 2.32. The third-order valence-corrected chi connectivity index (χ3v) is 5.07. The zero-order valence-corrected chi connectivity index (χ0v) is 9.96. The molecule has 0 aliphatic heterocycles. The normalized spacial score (nSPS) is 13.5. The van der Waals surface area contributed by atoms with Crippen LogP contribution in [0.25, 0.3) is 0 Å². The molecule has 1 aromatic rings. The van der Waals surface area contributed by atoms with E-state index in [0.717, 1.165) is 20.2 Å². The molecule has 62 valence electrons. The van der Waals surface area contributed by atoms with Gasteiger partial charge >= 0.3 is 0 Å². The Morgan fingerprint density at radius 3 is 2.64 bits per heavy atom. The van der Waals surface area contributed by atoms with E-state index in [2.05, 4.69) is 31.9 Å². The molecule has 4 heteroatoms. The van der Waals surface area contributed by atoms with Crippen LogP contribution in [0.4, 0.5) is 0 Å². The number of hydrogen-bond acceptors (Lipinski definition) is 2. The standard InChI is InChI=1S/C7H8Br2OS/c1-2-5(10)7-6(9)4(8)3-11-7/h3,5,10H,2H2,1H3. The van der Waals surface area contributed by atoms with E-state index in [1.54, 1.807) is 11.3 Å². The Hall–Kier alpha value is 0.620. The first-order valence-electron chi connectivity index (χ1n) is 3.27. The molecule has 1 heterocycles. The van der Waals surface area contributed by atoms with Gasteiger partial charge in [-0.2, -0.15) is 0 Å². The van der Waals surface area contributed by atoms with Gasteiger partial charge in [0.25, 0.3) is 0 Å². The van der Waals surface area contributed by atoms with Gasteiger partial charge in [0.05, 0.1) is 6.10 Å². The molecule has 0 bridgehead atoms. The van der Waals surface area contributed by atoms with Crippen molar-refractivity contribution in [1.82, 2.24) is 0 Å². The van der Waals surface area contributed by atoms with E-state index in [1.807, 2.05) is 12.3 Å². The molecular formula is C7H8Br2OS. The van der Waals surface area contributed by atoms with Crippen LogP contribution in [0.2, 0.25) is 0 Å². The zero-order valence-electron chi connectivity index (χ0n) is 5.97. The van der Waals surface area contributed by atoms with E-state index in [4.69, 9.17) is 0 Å². The first-order valence-corrected chi connectivity index (χ1v) is 5.73. The lowest BCUT2D eigenvalue weighted by Gasteiger charge is -2.04. The fourth-order valence-electron chi connectivity index (χ4n) is 0.747. The van der Waals surface area contributed by atoms with Gasteiger partial charge in [0.15, 0.2) is 0 Å². The summed E-state index contributed by atoms with van der Waals surface area (Å²) in [6.07, 6.45) is 0.423. The van der Waals surface area contributed by atoms with Crippen LogP contribution in [0, 0.1) is 0 Å². The van der Waals surface area contributed by atoms with Gasteiger partial charge in [0, 0.05) is 19.2 Å². The maximum absolute atomic E-state index is 9.48. The Morgan fingerprint density at radius 2 is 2.27 bits per heavy atom. The second-order valence-electron chi connectivity index (χ2n) is 2.19. The number of thiophene rings is 1. The van der Waals surface area contributed by atoms with Crippen LogP contribution < -0.4 is 0 Å². The largest absolute Gasteiger partial charge is 0.388 e. The quantitative estimate of drug-likeness (QED) is 0.882. The highest BCUT2D eigenvalue weighted by Crippen LogP contribution is 2.37. The number of aliphatic hydroxyl groups is 1. The third-order valence-electron chi connectivity index (χ3n) is 1.40. The van der Waals surface area contributed by atoms with Crippen molar-refractivity contribution in [3.05, 3.63) is 19.2 Å². The van der Waals surface area contributed by atoms with Crippen molar-refractivity contribution in [1.29, 1.82) is 0 Å². The van der Waals surface area contributed by atoms with Crippen molar-refractivity contribution in [3.63, 3.8) is 0 Å². The molecule has 0 amide bonds. The van der Waals surface area contributed by atoms with Crippen LogP contribution in [0.1, 0.15) is 24.3 Å². The van der Waals surface area contributed by atoms with Gasteiger partial charge in [-0.1, -0.05) is 6.92 Å². The fraction of sp³-hybridized carbons (Fsp3) is 0.429. The summed E-state index contributed by atoms with van der Waals surface area (Å²) in [5.74, 6) is 0. The minimum absolute atomic E-state index is 0.333. The van der Waals surface area contributed by atoms with Crippen molar-refractivity contribution in [2.45, 2.75) is 19.4 Å². The molecule has 0 radical (unpaired) electrons. The monoisotopic (exact) mass is 298 g/mol. The van der Waals surface area contributed by atoms with E-state index in [1.165, 1.54) is 0 Å². The number of rotatable bonds is 2. The predicted octanol–water partition coefficient (Wildman–Crippen LogP) is 3.72. The van der Waals surface area contributed by atoms with E-state index >= 15 is 0 Å². The molecule has 1 aromatic heterocycles. The van der Waals surface area contributed by atoms with Crippen molar-refractivity contribution in [3.8, 4) is 0 Å². The lowest BCUT2D eigenvalue weighted by atomic mass is 10.2. The molecule has 0 aromatic carbocycles. The minimum Gasteiger partial charge on any atom is -0.388 e. The molecule has 0 aliphatic rings. The average molecular weight is 300 g/mol. The van der Waals surface area contributed by atoms with Crippen LogP contribution in [-0.2, 0) is 0 Å². The first-order chi connectivity index (χ1) is 5.16. The van der Waals surface area contributed by atoms with Crippen LogP contribution in [0.15, 0.2) is 14.3 Å². The molecule has 0 saturated heterocycles. The van der Waals surface area contributed by atoms with Gasteiger partial charge in [-0.15, -0.1) is 11.3 Å². The summed E-state index contributed by atoms with van der Waals surface area (Å²) in [4.78, 5) is 0.999. The smallest absolute Gasteiger partial charge is 0.0891 e. The van der Waals surface area contributed by atoms with Crippen LogP contribution in [0.5, 0.6) is 0 Å². The van der Waals surface area contributed by atoms with Gasteiger partial charge < -0.3 is 5.11 Å². The number of aliphatic hydroxyl groups excluding tert-OH is 1. The first kappa shape index (κ1) is 9.71. The Labute approximate surface area is 86.7 Å². The van der Waals surface area contributed by atoms with Gasteiger partial charge in [-0.25, -0.2) is 0 Å². The SMILES string of the molecule is CCC(O)c1scc(Br)c1Br. The molecule has 1 atom stereocenters. The molecule has 0 fully saturated rings. The van der Waals surface area contributed by atoms with E-state index in [-0.39, 0.29) is 6.10 Å². The summed E-state index contributed by atoms with van der Waals surface area (Å²) in [5, 5.41) is 11.5. The van der Waals surface area contributed by atoms with Crippen LogP contribution in [0.3, 0.4) is 0 Å². The van der Waals surface area contributed by atoms with Gasteiger partial charge in [-0.05, 0) is 38.3 Å². The molecule has 11 heavy (non-hydrogen) atoms. The minimum atomic E-state index is -0.333. The van der Waals surface area contributed by atoms with Gasteiger partial charge in [-0.3, -0.25) is 0 Å². The Morgan fingerprint density at radius 1 is 1.64 bits per heavy atom. The van der Waals surface area contributed by atoms with E-state index in [0.29, 0.717) is 0 Å². The zero-order chi connectivity index (χ0) is 8.43. The summed E-state index contributed by atoms with van der Waals surface area (Å²) in [7, 11) is 0. The van der Waals surface area contributed by atoms with E-state index in [9.17, 15) is 5.11 Å². The van der Waals surface area contributed by atoms with Crippen molar-refractivity contribution >= 4 is 43.2 Å². The Balaban J connectivity index is 2.94. The summed E-state index contributed by atoms with van der Waals surface area (Å²) < 4.78 is 2.00. The third kappa shape index (κ3) is 2.05. The molecule has 1 rings (SSSR count). The topological polar surface area (TPSA) is 20.2 Å². The maximum atomic E-state index is 9.48. The molecule has 0 aliphatic carbocycles. The summed E-state index contributed by atoms with van der Waals surface area (Å²) in [5.41, 5.74) is 0. The Kier molecular flexibility index (Phi) is 3.55. The highest BCUT2D eigenvalue weighted by Gasteiger charge is 2.13. The summed E-state index contributed by atoms with van der Waals surface area (Å²) in [6.45, 7) is 1.96. The lowest BCUT2D eigenvalue weighted by Crippen LogP contribution is -1.91. The molecule has 0 spiro atoms. The number of hydrogen-bond donors (Lipinski definition) is 1. The Bertz CT molecular complexity index is 247. The van der Waals surface area contributed by atoms with Crippen molar-refractivity contribution in [2.75, 3.05) is 0 Å². The second-order valence-corrected chi connectivity index (χ2v) is 4.74. The lowest BCUT2D eigenvalue weighted by molar-refractivity contribution is 0.177. The summed E-state index contributed by atoms with van der Waals surface area (Å²) in [6, 6.07) is 0. The van der Waals surface area contributed by atoms with Crippen molar-refractivity contribution < 1.29 is 5.11 Å². The fourth-order valence-corrected chi connectivity index (χ4v) is 3.07. The van der Waals surface area contributed by atoms with Crippen LogP contribution in [-0.4, -0.2) is 5.11 Å². The predicted molar refractivity (Wildman–Crippen MR) is 55.0 cm³/mol. The second kappa shape index (κ2) is 4.03. The maximum Gasteiger partial charge on any atom is 0.0891 e. The van der Waals surface area contributed by atoms with Crippen molar-refractivity contribution in [2.24, 2.45) is 0 Å². The molecule has 1 N–H and O–H groups in total. The highest BCUT2D eigenvalue weighted by atomic mass is 79.9. The molecular weight excluding hydrogens is 292 g/mol.